The molecule has 3 aromatic rings. The maximum absolute atomic E-state index is 12.6. The maximum Gasteiger partial charge on any atom is 0.331 e. The van der Waals surface area contributed by atoms with E-state index in [1.807, 2.05) is 62.4 Å². The van der Waals surface area contributed by atoms with E-state index in [1.54, 1.807) is 0 Å². The monoisotopic (exact) mass is 350 g/mol. The van der Waals surface area contributed by atoms with Gasteiger partial charge in [0, 0.05) is 12.3 Å². The first-order chi connectivity index (χ1) is 12.5. The van der Waals surface area contributed by atoms with Crippen LogP contribution < -0.4 is 16.0 Å². The lowest BCUT2D eigenvalue weighted by atomic mass is 10.1. The highest BCUT2D eigenvalue weighted by Crippen LogP contribution is 2.11. The second-order valence-corrected chi connectivity index (χ2v) is 6.36. The van der Waals surface area contributed by atoms with E-state index in [1.165, 1.54) is 21.4 Å². The maximum atomic E-state index is 12.6. The molecule has 0 radical (unpaired) electrons. The molecule has 3 rings (SSSR count). The molecule has 0 N–H and O–H groups in total. The number of hydrogen-bond acceptors (Lipinski definition) is 3. The van der Waals surface area contributed by atoms with Crippen molar-refractivity contribution >= 4 is 0 Å². The highest BCUT2D eigenvalue weighted by Gasteiger charge is 2.06. The summed E-state index contributed by atoms with van der Waals surface area (Å²) in [7, 11) is 0. The highest BCUT2D eigenvalue weighted by molar-refractivity contribution is 5.26. The molecule has 134 valence electrons. The van der Waals surface area contributed by atoms with Crippen LogP contribution in [-0.2, 0) is 13.1 Å². The minimum atomic E-state index is -0.328. The number of hydrogen-bond donors (Lipinski definition) is 0. The lowest BCUT2D eigenvalue weighted by Gasteiger charge is -2.11. The first-order valence-corrected chi connectivity index (χ1v) is 8.58. The van der Waals surface area contributed by atoms with E-state index in [0.29, 0.717) is 13.2 Å². The average molecular weight is 350 g/mol. The SMILES string of the molecule is Cc1ccc(Cn2c(=O)ccn(CCOc3ccc(C)cc3)c2=O)cc1. The second kappa shape index (κ2) is 7.87. The first-order valence-electron chi connectivity index (χ1n) is 8.58. The summed E-state index contributed by atoms with van der Waals surface area (Å²) in [5.74, 6) is 0.761. The molecule has 0 aliphatic carbocycles. The Balaban J connectivity index is 1.72. The molecule has 1 heterocycles. The molecule has 0 amide bonds. The lowest BCUT2D eigenvalue weighted by Crippen LogP contribution is -2.39. The molecule has 0 spiro atoms. The van der Waals surface area contributed by atoms with Gasteiger partial charge in [-0.05, 0) is 31.5 Å². The fraction of sp³-hybridized carbons (Fsp3) is 0.238. The minimum Gasteiger partial charge on any atom is -0.492 e. The molecular weight excluding hydrogens is 328 g/mol. The molecule has 0 aliphatic rings. The van der Waals surface area contributed by atoms with Gasteiger partial charge in [-0.15, -0.1) is 0 Å². The average Bonchev–Trinajstić information content (AvgIpc) is 2.64. The van der Waals surface area contributed by atoms with Gasteiger partial charge in [0.1, 0.15) is 12.4 Å². The molecular formula is C21H22N2O3. The van der Waals surface area contributed by atoms with Crippen LogP contribution in [-0.4, -0.2) is 15.7 Å². The lowest BCUT2D eigenvalue weighted by molar-refractivity contribution is 0.293. The number of aromatic nitrogens is 2. The van der Waals surface area contributed by atoms with Crippen LogP contribution in [0.25, 0.3) is 0 Å². The van der Waals surface area contributed by atoms with Crippen LogP contribution in [0.3, 0.4) is 0 Å². The van der Waals surface area contributed by atoms with Crippen LogP contribution in [0.4, 0.5) is 0 Å². The Morgan fingerprint density at radius 3 is 2.12 bits per heavy atom. The molecule has 0 saturated carbocycles. The Hall–Kier alpha value is -3.08. The Labute approximate surface area is 152 Å². The van der Waals surface area contributed by atoms with Crippen molar-refractivity contribution in [3.63, 3.8) is 0 Å². The third-order valence-electron chi connectivity index (χ3n) is 4.22. The Morgan fingerprint density at radius 1 is 0.846 bits per heavy atom. The molecule has 0 atom stereocenters. The molecule has 5 heteroatoms. The zero-order chi connectivity index (χ0) is 18.5. The summed E-state index contributed by atoms with van der Waals surface area (Å²) in [6.45, 7) is 5.00. The fourth-order valence-corrected chi connectivity index (χ4v) is 2.64. The van der Waals surface area contributed by atoms with Crippen LogP contribution in [0.2, 0.25) is 0 Å². The predicted octanol–water partition coefficient (Wildman–Crippen LogP) is 2.75. The standard InChI is InChI=1S/C21H22N2O3/c1-16-3-7-18(8-4-16)15-23-20(24)11-12-22(21(23)25)13-14-26-19-9-5-17(2)6-10-19/h3-12H,13-15H2,1-2H3. The fourth-order valence-electron chi connectivity index (χ4n) is 2.64. The minimum absolute atomic E-state index is 0.262. The number of ether oxygens (including phenoxy) is 1. The summed E-state index contributed by atoms with van der Waals surface area (Å²) < 4.78 is 8.42. The zero-order valence-electron chi connectivity index (χ0n) is 15.0. The third-order valence-corrected chi connectivity index (χ3v) is 4.22. The third kappa shape index (κ3) is 4.30. The highest BCUT2D eigenvalue weighted by atomic mass is 16.5. The van der Waals surface area contributed by atoms with Gasteiger partial charge in [0.05, 0.1) is 13.1 Å². The summed E-state index contributed by atoms with van der Waals surface area (Å²) in [4.78, 5) is 24.7. The smallest absolute Gasteiger partial charge is 0.331 e. The van der Waals surface area contributed by atoms with Crippen LogP contribution in [0.1, 0.15) is 16.7 Å². The van der Waals surface area contributed by atoms with Crippen molar-refractivity contribution in [3.8, 4) is 5.75 Å². The van der Waals surface area contributed by atoms with Gasteiger partial charge >= 0.3 is 5.69 Å². The quantitative estimate of drug-likeness (QED) is 0.687. The van der Waals surface area contributed by atoms with Gasteiger partial charge in [0.25, 0.3) is 5.56 Å². The van der Waals surface area contributed by atoms with Gasteiger partial charge in [0.15, 0.2) is 0 Å². The second-order valence-electron chi connectivity index (χ2n) is 6.36. The van der Waals surface area contributed by atoms with Crippen molar-refractivity contribution in [2.45, 2.75) is 26.9 Å². The number of benzene rings is 2. The van der Waals surface area contributed by atoms with Crippen molar-refractivity contribution in [3.05, 3.63) is 98.3 Å². The van der Waals surface area contributed by atoms with Gasteiger partial charge in [0.2, 0.25) is 0 Å². The molecule has 0 fully saturated rings. The van der Waals surface area contributed by atoms with Crippen molar-refractivity contribution in [1.82, 2.24) is 9.13 Å². The van der Waals surface area contributed by atoms with Crippen molar-refractivity contribution in [2.24, 2.45) is 0 Å². The normalized spacial score (nSPS) is 10.7. The summed E-state index contributed by atoms with van der Waals surface area (Å²) in [5, 5.41) is 0. The van der Waals surface area contributed by atoms with Crippen molar-refractivity contribution in [1.29, 1.82) is 0 Å². The molecule has 5 nitrogen and oxygen atoms in total. The molecule has 1 aromatic heterocycles. The van der Waals surface area contributed by atoms with E-state index >= 15 is 0 Å². The summed E-state index contributed by atoms with van der Waals surface area (Å²) in [6, 6.07) is 17.0. The molecule has 0 aliphatic heterocycles. The topological polar surface area (TPSA) is 53.2 Å². The van der Waals surface area contributed by atoms with Gasteiger partial charge in [-0.3, -0.25) is 13.9 Å². The Morgan fingerprint density at radius 2 is 1.46 bits per heavy atom. The van der Waals surface area contributed by atoms with Crippen LogP contribution >= 0.6 is 0 Å². The Kier molecular flexibility index (Phi) is 5.37. The summed E-state index contributed by atoms with van der Waals surface area (Å²) >= 11 is 0. The van der Waals surface area contributed by atoms with E-state index in [-0.39, 0.29) is 17.8 Å². The van der Waals surface area contributed by atoms with Gasteiger partial charge in [-0.25, -0.2) is 4.79 Å². The Bertz CT molecular complexity index is 984. The zero-order valence-corrected chi connectivity index (χ0v) is 15.0. The van der Waals surface area contributed by atoms with E-state index in [0.717, 1.165) is 22.4 Å². The summed E-state index contributed by atoms with van der Waals surface area (Å²) in [6.07, 6.45) is 1.52. The molecule has 2 aromatic carbocycles. The predicted molar refractivity (Wildman–Crippen MR) is 102 cm³/mol. The van der Waals surface area contributed by atoms with E-state index in [4.69, 9.17) is 4.74 Å². The molecule has 0 bridgehead atoms. The largest absolute Gasteiger partial charge is 0.492 e. The van der Waals surface area contributed by atoms with E-state index < -0.39 is 0 Å². The number of aryl methyl sites for hydroxylation is 2. The van der Waals surface area contributed by atoms with E-state index in [9.17, 15) is 9.59 Å². The molecule has 26 heavy (non-hydrogen) atoms. The van der Waals surface area contributed by atoms with Crippen LogP contribution in [0.5, 0.6) is 5.75 Å². The van der Waals surface area contributed by atoms with Crippen molar-refractivity contribution < 1.29 is 4.74 Å². The van der Waals surface area contributed by atoms with Gasteiger partial charge in [-0.1, -0.05) is 47.5 Å². The first kappa shape index (κ1) is 17.7. The summed E-state index contributed by atoms with van der Waals surface area (Å²) in [5.41, 5.74) is 2.59. The van der Waals surface area contributed by atoms with Crippen molar-refractivity contribution in [2.75, 3.05) is 6.61 Å². The molecule has 0 unspecified atom stereocenters. The number of nitrogens with zero attached hydrogens (tertiary/aromatic N) is 2. The van der Waals surface area contributed by atoms with Gasteiger partial charge < -0.3 is 4.74 Å². The van der Waals surface area contributed by atoms with E-state index in [2.05, 4.69) is 0 Å². The van der Waals surface area contributed by atoms with Crippen LogP contribution in [0, 0.1) is 13.8 Å². The van der Waals surface area contributed by atoms with Gasteiger partial charge in [-0.2, -0.15) is 0 Å². The molecule has 0 saturated heterocycles. The van der Waals surface area contributed by atoms with Crippen LogP contribution in [0.15, 0.2) is 70.4 Å². The number of rotatable bonds is 6.